The third-order valence-electron chi connectivity index (χ3n) is 4.38. The van der Waals surface area contributed by atoms with Gasteiger partial charge in [0, 0.05) is 10.8 Å². The van der Waals surface area contributed by atoms with E-state index in [9.17, 15) is 10.2 Å². The monoisotopic (exact) mass is 382 g/mol. The molecule has 0 spiro atoms. The minimum atomic E-state index is -0.250. The van der Waals surface area contributed by atoms with E-state index in [1.807, 2.05) is 12.1 Å². The van der Waals surface area contributed by atoms with E-state index in [2.05, 4.69) is 27.7 Å². The van der Waals surface area contributed by atoms with Crippen LogP contribution in [0.5, 0.6) is 11.5 Å². The molecule has 0 unspecified atom stereocenters. The minimum absolute atomic E-state index is 0.0764. The number of halogens is 2. The van der Waals surface area contributed by atoms with E-state index >= 15 is 0 Å². The van der Waals surface area contributed by atoms with Gasteiger partial charge in [-0.2, -0.15) is 0 Å². The van der Waals surface area contributed by atoms with Crippen LogP contribution in [0.3, 0.4) is 0 Å². The molecule has 0 aliphatic heterocycles. The highest BCUT2D eigenvalue weighted by Crippen LogP contribution is 2.33. The van der Waals surface area contributed by atoms with Crippen LogP contribution in [0.25, 0.3) is 0 Å². The number of phenolic OH excluding ortho intramolecular Hbond substituents is 2. The molecule has 0 aliphatic carbocycles. The number of rotatable bonds is 6. The van der Waals surface area contributed by atoms with E-state index in [0.717, 1.165) is 11.1 Å². The molecular weight excluding hydrogens is 359 g/mol. The molecule has 2 N–H and O–H groups in total. The van der Waals surface area contributed by atoms with E-state index in [4.69, 9.17) is 27.9 Å². The van der Waals surface area contributed by atoms with Crippen LogP contribution in [-0.2, 0) is 15.6 Å². The number of phenols is 2. The van der Waals surface area contributed by atoms with Gasteiger partial charge in [0.25, 0.3) is 0 Å². The summed E-state index contributed by atoms with van der Waals surface area (Å²) in [5, 5.41) is 19.8. The first-order valence-electron chi connectivity index (χ1n) is 8.09. The standard InChI is InChI=1S/C20H24Cl2O3/c1-19(2,13-5-7-17(23)15(21)9-13)11-25-12-20(3,4)14-6-8-18(24)16(22)10-14/h5-10,23-24H,11-12H2,1-4H3. The molecule has 0 fully saturated rings. The van der Waals surface area contributed by atoms with Gasteiger partial charge in [0.2, 0.25) is 0 Å². The van der Waals surface area contributed by atoms with Crippen molar-refractivity contribution >= 4 is 23.2 Å². The van der Waals surface area contributed by atoms with E-state index in [0.29, 0.717) is 23.3 Å². The summed E-state index contributed by atoms with van der Waals surface area (Å²) in [5.74, 6) is 0.153. The van der Waals surface area contributed by atoms with Crippen molar-refractivity contribution in [3.05, 3.63) is 57.6 Å². The van der Waals surface area contributed by atoms with Gasteiger partial charge in [-0.3, -0.25) is 0 Å². The molecule has 2 aromatic rings. The van der Waals surface area contributed by atoms with Crippen LogP contribution < -0.4 is 0 Å². The normalized spacial score (nSPS) is 12.4. The lowest BCUT2D eigenvalue weighted by atomic mass is 9.84. The van der Waals surface area contributed by atoms with Gasteiger partial charge in [0.1, 0.15) is 11.5 Å². The number of hydrogen-bond donors (Lipinski definition) is 2. The second-order valence-corrected chi connectivity index (χ2v) is 8.41. The average Bonchev–Trinajstić information content (AvgIpc) is 2.52. The molecular formula is C20H24Cl2O3. The minimum Gasteiger partial charge on any atom is -0.506 e. The molecule has 2 aromatic carbocycles. The predicted octanol–water partition coefficient (Wildman–Crippen LogP) is 5.68. The van der Waals surface area contributed by atoms with Crippen molar-refractivity contribution in [1.29, 1.82) is 0 Å². The number of benzene rings is 2. The van der Waals surface area contributed by atoms with Gasteiger partial charge >= 0.3 is 0 Å². The predicted molar refractivity (Wildman–Crippen MR) is 103 cm³/mol. The summed E-state index contributed by atoms with van der Waals surface area (Å²) in [6, 6.07) is 10.4. The zero-order chi connectivity index (χ0) is 18.8. The van der Waals surface area contributed by atoms with E-state index < -0.39 is 0 Å². The molecule has 0 aromatic heterocycles. The van der Waals surface area contributed by atoms with Crippen LogP contribution in [0.1, 0.15) is 38.8 Å². The quantitative estimate of drug-likeness (QED) is 0.675. The fraction of sp³-hybridized carbons (Fsp3) is 0.400. The number of hydrogen-bond acceptors (Lipinski definition) is 3. The van der Waals surface area contributed by atoms with Crippen molar-refractivity contribution in [2.75, 3.05) is 13.2 Å². The Balaban J connectivity index is 2.04. The van der Waals surface area contributed by atoms with Crippen molar-refractivity contribution < 1.29 is 14.9 Å². The highest BCUT2D eigenvalue weighted by molar-refractivity contribution is 6.32. The van der Waals surface area contributed by atoms with E-state index in [1.165, 1.54) is 0 Å². The third kappa shape index (κ3) is 4.81. The topological polar surface area (TPSA) is 49.7 Å². The first-order valence-corrected chi connectivity index (χ1v) is 8.84. The Bertz CT molecular complexity index is 691. The van der Waals surface area contributed by atoms with Gasteiger partial charge in [-0.25, -0.2) is 0 Å². The van der Waals surface area contributed by atoms with Gasteiger partial charge < -0.3 is 14.9 Å². The lowest BCUT2D eigenvalue weighted by molar-refractivity contribution is 0.0633. The second kappa shape index (κ2) is 7.45. The van der Waals surface area contributed by atoms with Crippen molar-refractivity contribution in [1.82, 2.24) is 0 Å². The summed E-state index contributed by atoms with van der Waals surface area (Å²) >= 11 is 12.0. The molecule has 0 radical (unpaired) electrons. The Morgan fingerprint density at radius 2 is 1.12 bits per heavy atom. The van der Waals surface area contributed by atoms with Crippen LogP contribution in [-0.4, -0.2) is 23.4 Å². The molecule has 5 heteroatoms. The van der Waals surface area contributed by atoms with E-state index in [-0.39, 0.29) is 22.3 Å². The summed E-state index contributed by atoms with van der Waals surface area (Å²) in [6.07, 6.45) is 0. The Morgan fingerprint density at radius 1 is 0.760 bits per heavy atom. The SMILES string of the molecule is CC(C)(COCC(C)(C)c1ccc(O)c(Cl)c1)c1ccc(O)c(Cl)c1. The summed E-state index contributed by atoms with van der Waals surface area (Å²) in [6.45, 7) is 9.28. The molecule has 25 heavy (non-hydrogen) atoms. The smallest absolute Gasteiger partial charge is 0.134 e. The van der Waals surface area contributed by atoms with E-state index in [1.54, 1.807) is 24.3 Å². The van der Waals surface area contributed by atoms with Crippen LogP contribution in [0.15, 0.2) is 36.4 Å². The maximum Gasteiger partial charge on any atom is 0.134 e. The molecule has 0 atom stereocenters. The Morgan fingerprint density at radius 3 is 1.44 bits per heavy atom. The van der Waals surface area contributed by atoms with Crippen molar-refractivity contribution in [3.8, 4) is 11.5 Å². The number of ether oxygens (including phenoxy) is 1. The molecule has 0 saturated heterocycles. The highest BCUT2D eigenvalue weighted by atomic mass is 35.5. The first-order chi connectivity index (χ1) is 11.5. The summed E-state index contributed by atoms with van der Waals surface area (Å²) in [7, 11) is 0. The lowest BCUT2D eigenvalue weighted by Crippen LogP contribution is -2.30. The van der Waals surface area contributed by atoms with Crippen LogP contribution in [0, 0.1) is 0 Å². The lowest BCUT2D eigenvalue weighted by Gasteiger charge is -2.30. The number of aromatic hydroxyl groups is 2. The van der Waals surface area contributed by atoms with Gasteiger partial charge in [0.05, 0.1) is 23.3 Å². The molecule has 0 saturated carbocycles. The Kier molecular flexibility index (Phi) is 5.93. The van der Waals surface area contributed by atoms with Crippen LogP contribution in [0.2, 0.25) is 10.0 Å². The molecule has 0 heterocycles. The third-order valence-corrected chi connectivity index (χ3v) is 4.99. The summed E-state index contributed by atoms with van der Waals surface area (Å²) < 4.78 is 6.00. The van der Waals surface area contributed by atoms with Crippen molar-refractivity contribution in [2.24, 2.45) is 0 Å². The molecule has 0 aliphatic rings. The molecule has 2 rings (SSSR count). The average molecular weight is 383 g/mol. The Hall–Kier alpha value is -1.42. The van der Waals surface area contributed by atoms with Gasteiger partial charge in [-0.15, -0.1) is 0 Å². The largest absolute Gasteiger partial charge is 0.506 e. The zero-order valence-electron chi connectivity index (χ0n) is 14.9. The zero-order valence-corrected chi connectivity index (χ0v) is 16.4. The molecule has 0 bridgehead atoms. The Labute approximate surface area is 159 Å². The fourth-order valence-corrected chi connectivity index (χ4v) is 2.94. The highest BCUT2D eigenvalue weighted by Gasteiger charge is 2.26. The molecule has 0 amide bonds. The maximum absolute atomic E-state index is 9.57. The van der Waals surface area contributed by atoms with Crippen LogP contribution >= 0.6 is 23.2 Å². The fourth-order valence-electron chi connectivity index (χ4n) is 2.58. The van der Waals surface area contributed by atoms with Crippen molar-refractivity contribution in [3.63, 3.8) is 0 Å². The summed E-state index contributed by atoms with van der Waals surface area (Å²) in [5.41, 5.74) is 1.50. The maximum atomic E-state index is 9.57. The summed E-state index contributed by atoms with van der Waals surface area (Å²) in [4.78, 5) is 0. The van der Waals surface area contributed by atoms with Crippen molar-refractivity contribution in [2.45, 2.75) is 38.5 Å². The van der Waals surface area contributed by atoms with Gasteiger partial charge in [-0.1, -0.05) is 63.0 Å². The molecule has 136 valence electrons. The molecule has 3 nitrogen and oxygen atoms in total. The van der Waals surface area contributed by atoms with Crippen LogP contribution in [0.4, 0.5) is 0 Å². The van der Waals surface area contributed by atoms with Gasteiger partial charge in [0.15, 0.2) is 0 Å². The first kappa shape index (κ1) is 19.9. The van der Waals surface area contributed by atoms with Gasteiger partial charge in [-0.05, 0) is 35.4 Å². The second-order valence-electron chi connectivity index (χ2n) is 7.59.